The lowest BCUT2D eigenvalue weighted by Crippen LogP contribution is -2.39. The molecule has 0 aliphatic carbocycles. The number of aliphatic imine (C=N–C) groups is 1. The molecule has 1 aromatic rings. The molecule has 6 nitrogen and oxygen atoms in total. The van der Waals surface area contributed by atoms with Gasteiger partial charge in [-0.25, -0.2) is 4.99 Å². The van der Waals surface area contributed by atoms with Gasteiger partial charge in [-0.05, 0) is 18.6 Å². The molecule has 0 saturated carbocycles. The summed E-state index contributed by atoms with van der Waals surface area (Å²) < 4.78 is 0. The maximum atomic E-state index is 11.6. The number of anilines is 1. The van der Waals surface area contributed by atoms with Gasteiger partial charge in [0, 0.05) is 46.5 Å². The number of amides is 1. The van der Waals surface area contributed by atoms with E-state index in [1.165, 1.54) is 10.6 Å². The van der Waals surface area contributed by atoms with E-state index in [9.17, 15) is 4.79 Å². The molecule has 0 fully saturated rings. The summed E-state index contributed by atoms with van der Waals surface area (Å²) in [6.45, 7) is 6.12. The van der Waals surface area contributed by atoms with Crippen molar-refractivity contribution in [3.05, 3.63) is 43.0 Å². The van der Waals surface area contributed by atoms with Crippen LogP contribution in [0.4, 0.5) is 5.69 Å². The predicted molar refractivity (Wildman–Crippen MR) is 102 cm³/mol. The van der Waals surface area contributed by atoms with E-state index >= 15 is 0 Å². The van der Waals surface area contributed by atoms with Gasteiger partial charge in [-0.3, -0.25) is 4.79 Å². The highest BCUT2D eigenvalue weighted by atomic mass is 16.2. The quantitative estimate of drug-likeness (QED) is 0.310. The lowest BCUT2D eigenvalue weighted by molar-refractivity contribution is -0.127. The molecule has 2 N–H and O–H groups in total. The van der Waals surface area contributed by atoms with E-state index < -0.39 is 0 Å². The summed E-state index contributed by atoms with van der Waals surface area (Å²) in [6, 6.07) is 10.3. The van der Waals surface area contributed by atoms with Crippen molar-refractivity contribution in [1.82, 2.24) is 15.5 Å². The summed E-state index contributed by atoms with van der Waals surface area (Å²) in [4.78, 5) is 19.7. The molecule has 24 heavy (non-hydrogen) atoms. The third-order valence-corrected chi connectivity index (χ3v) is 3.44. The minimum absolute atomic E-state index is 0.0292. The van der Waals surface area contributed by atoms with Crippen LogP contribution in [0.25, 0.3) is 0 Å². The van der Waals surface area contributed by atoms with Gasteiger partial charge in [0.2, 0.25) is 5.91 Å². The number of carbonyl (C=O) groups is 1. The van der Waals surface area contributed by atoms with Gasteiger partial charge in [-0.1, -0.05) is 24.3 Å². The Bertz CT molecular complexity index is 527. The zero-order chi connectivity index (χ0) is 17.8. The van der Waals surface area contributed by atoms with Crippen LogP contribution in [0.2, 0.25) is 0 Å². The van der Waals surface area contributed by atoms with Gasteiger partial charge in [-0.2, -0.15) is 0 Å². The molecule has 1 amide bonds. The maximum Gasteiger partial charge on any atom is 0.243 e. The SMILES string of the molecule is C=CCNC(=NCC(=O)N(C)C)NCCCN(C)c1ccccc1. The van der Waals surface area contributed by atoms with Gasteiger partial charge in [0.05, 0.1) is 0 Å². The van der Waals surface area contributed by atoms with Crippen LogP contribution in [0.3, 0.4) is 0 Å². The van der Waals surface area contributed by atoms with Crippen molar-refractivity contribution >= 4 is 17.6 Å². The highest BCUT2D eigenvalue weighted by molar-refractivity contribution is 5.84. The number of nitrogens with one attached hydrogen (secondary N) is 2. The van der Waals surface area contributed by atoms with Crippen molar-refractivity contribution in [2.75, 3.05) is 52.2 Å². The topological polar surface area (TPSA) is 60.0 Å². The second-order valence-corrected chi connectivity index (χ2v) is 5.66. The van der Waals surface area contributed by atoms with Crippen LogP contribution in [-0.2, 0) is 4.79 Å². The third-order valence-electron chi connectivity index (χ3n) is 3.44. The summed E-state index contributed by atoms with van der Waals surface area (Å²) in [5, 5.41) is 6.37. The van der Waals surface area contributed by atoms with Crippen LogP contribution >= 0.6 is 0 Å². The Morgan fingerprint density at radius 1 is 1.21 bits per heavy atom. The van der Waals surface area contributed by atoms with Crippen molar-refractivity contribution in [2.45, 2.75) is 6.42 Å². The normalized spacial score (nSPS) is 10.9. The molecule has 0 heterocycles. The van der Waals surface area contributed by atoms with Crippen LogP contribution in [-0.4, -0.2) is 64.1 Å². The number of carbonyl (C=O) groups excluding carboxylic acids is 1. The average molecular weight is 331 g/mol. The standard InChI is InChI=1S/C18H29N5O/c1-5-12-19-18(21-15-17(24)22(2)3)20-13-9-14-23(4)16-10-7-6-8-11-16/h5-8,10-11H,1,9,12-15H2,2-4H3,(H2,19,20,21). The molecule has 0 unspecified atom stereocenters. The number of benzene rings is 1. The summed E-state index contributed by atoms with van der Waals surface area (Å²) in [7, 11) is 5.53. The van der Waals surface area contributed by atoms with E-state index in [-0.39, 0.29) is 12.5 Å². The fourth-order valence-corrected chi connectivity index (χ4v) is 1.97. The Labute approximate surface area is 145 Å². The number of para-hydroxylation sites is 1. The molecule has 0 bridgehead atoms. The second kappa shape index (κ2) is 11.1. The second-order valence-electron chi connectivity index (χ2n) is 5.66. The van der Waals surface area contributed by atoms with Gasteiger partial charge in [0.25, 0.3) is 0 Å². The van der Waals surface area contributed by atoms with Crippen molar-refractivity contribution in [1.29, 1.82) is 0 Å². The fourth-order valence-electron chi connectivity index (χ4n) is 1.97. The van der Waals surface area contributed by atoms with Crippen molar-refractivity contribution < 1.29 is 4.79 Å². The van der Waals surface area contributed by atoms with E-state index in [0.29, 0.717) is 12.5 Å². The molecule has 6 heteroatoms. The Balaban J connectivity index is 2.40. The molecule has 1 aromatic carbocycles. The fraction of sp³-hybridized carbons (Fsp3) is 0.444. The van der Waals surface area contributed by atoms with Gasteiger partial charge < -0.3 is 20.4 Å². The van der Waals surface area contributed by atoms with Crippen LogP contribution in [0.5, 0.6) is 0 Å². The Hall–Kier alpha value is -2.50. The van der Waals surface area contributed by atoms with E-state index in [4.69, 9.17) is 0 Å². The number of likely N-dealkylation sites (N-methyl/N-ethyl adjacent to an activating group) is 1. The number of guanidine groups is 1. The monoisotopic (exact) mass is 331 g/mol. The highest BCUT2D eigenvalue weighted by Crippen LogP contribution is 2.10. The van der Waals surface area contributed by atoms with E-state index in [1.807, 2.05) is 18.2 Å². The molecular formula is C18H29N5O. The highest BCUT2D eigenvalue weighted by Gasteiger charge is 2.04. The van der Waals surface area contributed by atoms with Gasteiger partial charge in [-0.15, -0.1) is 6.58 Å². The van der Waals surface area contributed by atoms with Gasteiger partial charge in [0.15, 0.2) is 5.96 Å². The van der Waals surface area contributed by atoms with Crippen LogP contribution in [0.15, 0.2) is 48.0 Å². The molecule has 1 rings (SSSR count). The number of hydrogen-bond acceptors (Lipinski definition) is 3. The first-order chi connectivity index (χ1) is 11.5. The van der Waals surface area contributed by atoms with Crippen molar-refractivity contribution in [3.63, 3.8) is 0 Å². The zero-order valence-corrected chi connectivity index (χ0v) is 15.0. The summed E-state index contributed by atoms with van der Waals surface area (Å²) in [6.07, 6.45) is 2.72. The Morgan fingerprint density at radius 2 is 1.92 bits per heavy atom. The van der Waals surface area contributed by atoms with E-state index in [2.05, 4.69) is 46.3 Å². The predicted octanol–water partition coefficient (Wildman–Crippen LogP) is 1.32. The molecule has 0 spiro atoms. The minimum Gasteiger partial charge on any atom is -0.375 e. The molecule has 0 radical (unpaired) electrons. The Kier molecular flexibility index (Phi) is 9.04. The summed E-state index contributed by atoms with van der Waals surface area (Å²) in [5.74, 6) is 0.603. The van der Waals surface area contributed by atoms with Gasteiger partial charge >= 0.3 is 0 Å². The average Bonchev–Trinajstić information content (AvgIpc) is 2.60. The molecule has 0 aromatic heterocycles. The van der Waals surface area contributed by atoms with E-state index in [1.54, 1.807) is 20.2 Å². The zero-order valence-electron chi connectivity index (χ0n) is 15.0. The summed E-state index contributed by atoms with van der Waals surface area (Å²) in [5.41, 5.74) is 1.20. The molecule has 0 atom stereocenters. The van der Waals surface area contributed by atoms with Crippen LogP contribution in [0.1, 0.15) is 6.42 Å². The molecular weight excluding hydrogens is 302 g/mol. The van der Waals surface area contributed by atoms with Crippen LogP contribution < -0.4 is 15.5 Å². The first kappa shape index (κ1) is 19.5. The maximum absolute atomic E-state index is 11.6. The Morgan fingerprint density at radius 3 is 2.54 bits per heavy atom. The minimum atomic E-state index is -0.0292. The number of hydrogen-bond donors (Lipinski definition) is 2. The smallest absolute Gasteiger partial charge is 0.243 e. The first-order valence-electron chi connectivity index (χ1n) is 8.14. The lowest BCUT2D eigenvalue weighted by atomic mass is 10.3. The first-order valence-corrected chi connectivity index (χ1v) is 8.14. The molecule has 132 valence electrons. The van der Waals surface area contributed by atoms with Crippen molar-refractivity contribution in [3.8, 4) is 0 Å². The number of nitrogens with zero attached hydrogens (tertiary/aromatic N) is 3. The molecule has 0 aliphatic rings. The summed E-state index contributed by atoms with van der Waals surface area (Å²) >= 11 is 0. The van der Waals surface area contributed by atoms with Crippen molar-refractivity contribution in [2.24, 2.45) is 4.99 Å². The largest absolute Gasteiger partial charge is 0.375 e. The van der Waals surface area contributed by atoms with E-state index in [0.717, 1.165) is 19.5 Å². The lowest BCUT2D eigenvalue weighted by Gasteiger charge is -2.19. The van der Waals surface area contributed by atoms with Crippen LogP contribution in [0, 0.1) is 0 Å². The molecule has 0 aliphatic heterocycles. The number of rotatable bonds is 9. The van der Waals surface area contributed by atoms with Gasteiger partial charge in [0.1, 0.15) is 6.54 Å². The third kappa shape index (κ3) is 7.67. The molecule has 0 saturated heterocycles.